The molecule has 94 valence electrons. The van der Waals surface area contributed by atoms with Gasteiger partial charge in [-0.2, -0.15) is 4.40 Å². The molecule has 1 aromatic carbocycles. The molecule has 1 aromatic rings. The van der Waals surface area contributed by atoms with E-state index >= 15 is 0 Å². The van der Waals surface area contributed by atoms with E-state index in [4.69, 9.17) is 4.74 Å². The maximum atomic E-state index is 13.5. The van der Waals surface area contributed by atoms with Gasteiger partial charge in [0.2, 0.25) is 0 Å². The lowest BCUT2D eigenvalue weighted by Gasteiger charge is -2.12. The predicted octanol–water partition coefficient (Wildman–Crippen LogP) is 2.72. The van der Waals surface area contributed by atoms with E-state index in [2.05, 4.69) is 4.40 Å². The second-order valence-corrected chi connectivity index (χ2v) is 6.42. The van der Waals surface area contributed by atoms with E-state index in [0.717, 1.165) is 0 Å². The first-order chi connectivity index (χ1) is 7.84. The largest absolute Gasteiger partial charge is 0.497 e. The highest BCUT2D eigenvalue weighted by atomic mass is 32.2. The van der Waals surface area contributed by atoms with Gasteiger partial charge in [-0.25, -0.2) is 8.60 Å². The van der Waals surface area contributed by atoms with Crippen molar-refractivity contribution in [2.45, 2.75) is 25.5 Å². The van der Waals surface area contributed by atoms with E-state index < -0.39 is 21.5 Å². The molecule has 1 atom stereocenters. The highest BCUT2D eigenvalue weighted by molar-refractivity contribution is 7.85. The third-order valence-electron chi connectivity index (χ3n) is 2.02. The molecular weight excluding hydrogens is 241 g/mol. The van der Waals surface area contributed by atoms with Crippen molar-refractivity contribution in [1.29, 1.82) is 0 Å². The van der Waals surface area contributed by atoms with E-state index in [-0.39, 0.29) is 0 Å². The van der Waals surface area contributed by atoms with Crippen LogP contribution in [0.5, 0.6) is 5.75 Å². The summed E-state index contributed by atoms with van der Waals surface area (Å²) in [6.45, 7) is 5.43. The minimum Gasteiger partial charge on any atom is -0.497 e. The van der Waals surface area contributed by atoms with E-state index in [1.807, 2.05) is 20.8 Å². The van der Waals surface area contributed by atoms with Gasteiger partial charge in [0.1, 0.15) is 22.6 Å². The Kier molecular flexibility index (Phi) is 4.40. The molecule has 0 N–H and O–H groups in total. The van der Waals surface area contributed by atoms with Crippen LogP contribution >= 0.6 is 0 Å². The number of nitrogens with zero attached hydrogens (tertiary/aromatic N) is 1. The van der Waals surface area contributed by atoms with Crippen LogP contribution in [0.4, 0.5) is 4.39 Å². The van der Waals surface area contributed by atoms with Gasteiger partial charge in [0.05, 0.1) is 11.9 Å². The van der Waals surface area contributed by atoms with Gasteiger partial charge in [-0.05, 0) is 32.9 Å². The van der Waals surface area contributed by atoms with Crippen molar-refractivity contribution in [2.75, 3.05) is 7.11 Å². The average Bonchev–Trinajstić information content (AvgIpc) is 2.25. The smallest absolute Gasteiger partial charge is 0.144 e. The van der Waals surface area contributed by atoms with Gasteiger partial charge in [-0.15, -0.1) is 0 Å². The lowest BCUT2D eigenvalue weighted by Crippen LogP contribution is -2.19. The van der Waals surface area contributed by atoms with Crippen LogP contribution in [0.3, 0.4) is 0 Å². The topological polar surface area (TPSA) is 38.7 Å². The Labute approximate surface area is 103 Å². The summed E-state index contributed by atoms with van der Waals surface area (Å²) in [5, 5.41) is 0. The Hall–Kier alpha value is -1.23. The molecule has 5 heteroatoms. The summed E-state index contributed by atoms with van der Waals surface area (Å²) in [5.41, 5.74) is 0.295. The molecule has 0 amide bonds. The minimum absolute atomic E-state index is 0.295. The Morgan fingerprint density at radius 1 is 1.41 bits per heavy atom. The summed E-state index contributed by atoms with van der Waals surface area (Å²) in [4.78, 5) is 0. The molecule has 0 radical (unpaired) electrons. The molecule has 0 aliphatic carbocycles. The van der Waals surface area contributed by atoms with Crippen molar-refractivity contribution in [3.8, 4) is 5.75 Å². The van der Waals surface area contributed by atoms with Crippen molar-refractivity contribution >= 4 is 17.2 Å². The standard InChI is InChI=1S/C12H16FNO2S/c1-12(2,3)17(15)14-8-9-5-6-10(16-4)7-11(9)13/h5-8H,1-4H3/t17-/m1/s1. The molecule has 0 aliphatic rings. The summed E-state index contributed by atoms with van der Waals surface area (Å²) in [7, 11) is 0.0877. The summed E-state index contributed by atoms with van der Waals surface area (Å²) < 4.78 is 33.4. The van der Waals surface area contributed by atoms with Crippen LogP contribution in [0.1, 0.15) is 26.3 Å². The molecule has 0 heterocycles. The van der Waals surface area contributed by atoms with Crippen molar-refractivity contribution < 1.29 is 13.3 Å². The third-order valence-corrected chi connectivity index (χ3v) is 3.36. The zero-order chi connectivity index (χ0) is 13.1. The maximum absolute atomic E-state index is 13.5. The molecule has 3 nitrogen and oxygen atoms in total. The maximum Gasteiger partial charge on any atom is 0.144 e. The third kappa shape index (κ3) is 3.93. The lowest BCUT2D eigenvalue weighted by atomic mass is 10.2. The summed E-state index contributed by atoms with van der Waals surface area (Å²) in [6.07, 6.45) is 1.29. The quantitative estimate of drug-likeness (QED) is 0.781. The fourth-order valence-corrected chi connectivity index (χ4v) is 1.53. The van der Waals surface area contributed by atoms with Gasteiger partial charge in [0.25, 0.3) is 0 Å². The number of hydrogen-bond acceptors (Lipinski definition) is 2. The summed E-state index contributed by atoms with van der Waals surface area (Å²) in [5.74, 6) is -0.00407. The van der Waals surface area contributed by atoms with Crippen LogP contribution in [-0.4, -0.2) is 22.3 Å². The van der Waals surface area contributed by atoms with E-state index in [0.29, 0.717) is 11.3 Å². The second kappa shape index (κ2) is 5.40. The van der Waals surface area contributed by atoms with Crippen molar-refractivity contribution in [3.63, 3.8) is 0 Å². The van der Waals surface area contributed by atoms with Gasteiger partial charge in [0.15, 0.2) is 0 Å². The Balaban J connectivity index is 2.89. The van der Waals surface area contributed by atoms with Crippen LogP contribution < -0.4 is 4.74 Å². The molecule has 0 unspecified atom stereocenters. The molecule has 0 saturated carbocycles. The van der Waals surface area contributed by atoms with Crippen LogP contribution in [0, 0.1) is 5.82 Å². The van der Waals surface area contributed by atoms with Gasteiger partial charge >= 0.3 is 0 Å². The van der Waals surface area contributed by atoms with Gasteiger partial charge in [-0.1, -0.05) is 0 Å². The highest BCUT2D eigenvalue weighted by Gasteiger charge is 2.18. The van der Waals surface area contributed by atoms with Gasteiger partial charge < -0.3 is 4.74 Å². The summed E-state index contributed by atoms with van der Waals surface area (Å²) >= 11 is 0. The molecule has 0 fully saturated rings. The van der Waals surface area contributed by atoms with Crippen molar-refractivity contribution in [3.05, 3.63) is 29.6 Å². The number of rotatable bonds is 3. The molecular formula is C12H16FNO2S. The first-order valence-corrected chi connectivity index (χ1v) is 6.25. The first kappa shape index (κ1) is 13.8. The fraction of sp³-hybridized carbons (Fsp3) is 0.417. The molecule has 0 spiro atoms. The zero-order valence-electron chi connectivity index (χ0n) is 10.4. The number of methoxy groups -OCH3 is 1. The van der Waals surface area contributed by atoms with Crippen LogP contribution in [0.25, 0.3) is 0 Å². The highest BCUT2D eigenvalue weighted by Crippen LogP contribution is 2.16. The van der Waals surface area contributed by atoms with Crippen LogP contribution in [0.2, 0.25) is 0 Å². The monoisotopic (exact) mass is 257 g/mol. The molecule has 17 heavy (non-hydrogen) atoms. The van der Waals surface area contributed by atoms with E-state index in [1.54, 1.807) is 6.07 Å². The van der Waals surface area contributed by atoms with Crippen LogP contribution in [0.15, 0.2) is 22.6 Å². The van der Waals surface area contributed by atoms with Gasteiger partial charge in [-0.3, -0.25) is 0 Å². The molecule has 0 aromatic heterocycles. The average molecular weight is 257 g/mol. The van der Waals surface area contributed by atoms with E-state index in [9.17, 15) is 8.60 Å². The Bertz CT molecular complexity index is 452. The zero-order valence-corrected chi connectivity index (χ0v) is 11.2. The normalized spacial score (nSPS) is 13.9. The fourth-order valence-electron chi connectivity index (χ4n) is 1.00. The Morgan fingerprint density at radius 2 is 2.06 bits per heavy atom. The Morgan fingerprint density at radius 3 is 2.53 bits per heavy atom. The molecule has 1 rings (SSSR count). The number of hydrogen-bond donors (Lipinski definition) is 0. The van der Waals surface area contributed by atoms with Crippen LogP contribution in [-0.2, 0) is 11.0 Å². The van der Waals surface area contributed by atoms with E-state index in [1.165, 1.54) is 25.5 Å². The molecule has 0 aliphatic heterocycles. The second-order valence-electron chi connectivity index (χ2n) is 4.48. The number of benzene rings is 1. The van der Waals surface area contributed by atoms with Crippen molar-refractivity contribution in [2.24, 2.45) is 4.40 Å². The minimum atomic E-state index is -1.38. The number of ether oxygens (including phenoxy) is 1. The predicted molar refractivity (Wildman–Crippen MR) is 68.4 cm³/mol. The molecule has 0 saturated heterocycles. The van der Waals surface area contributed by atoms with Gasteiger partial charge in [0, 0.05) is 17.8 Å². The SMILES string of the molecule is COc1ccc(C=N[S@](=O)C(C)(C)C)c(F)c1. The lowest BCUT2D eigenvalue weighted by molar-refractivity contribution is 0.411. The summed E-state index contributed by atoms with van der Waals surface area (Å²) in [6, 6.07) is 4.43. The number of halogens is 1. The van der Waals surface area contributed by atoms with Crippen molar-refractivity contribution in [1.82, 2.24) is 0 Å². The molecule has 0 bridgehead atoms. The first-order valence-electron chi connectivity index (χ1n) is 5.14.